The quantitative estimate of drug-likeness (QED) is 0.837. The van der Waals surface area contributed by atoms with Gasteiger partial charge in [-0.1, -0.05) is 18.2 Å². The lowest BCUT2D eigenvalue weighted by molar-refractivity contribution is 0.408. The van der Waals surface area contributed by atoms with Crippen molar-refractivity contribution >= 4 is 0 Å². The van der Waals surface area contributed by atoms with Gasteiger partial charge in [-0.2, -0.15) is 0 Å². The maximum absolute atomic E-state index is 13.6. The molecule has 0 saturated carbocycles. The maximum atomic E-state index is 13.6. The summed E-state index contributed by atoms with van der Waals surface area (Å²) in [4.78, 5) is 25.2. The van der Waals surface area contributed by atoms with Gasteiger partial charge in [0.2, 0.25) is 5.88 Å². The predicted octanol–water partition coefficient (Wildman–Crippen LogP) is 1.07. The van der Waals surface area contributed by atoms with Gasteiger partial charge >= 0.3 is 5.69 Å². The zero-order valence-electron chi connectivity index (χ0n) is 9.61. The fourth-order valence-electron chi connectivity index (χ4n) is 1.76. The molecule has 6 heteroatoms. The van der Waals surface area contributed by atoms with E-state index >= 15 is 0 Å². The monoisotopic (exact) mass is 250 g/mol. The van der Waals surface area contributed by atoms with E-state index in [2.05, 4.69) is 4.98 Å². The molecule has 0 spiro atoms. The minimum Gasteiger partial charge on any atom is -0.494 e. The third-order valence-electron chi connectivity index (χ3n) is 2.63. The Kier molecular flexibility index (Phi) is 3.01. The minimum atomic E-state index is -0.813. The number of H-pyrrole nitrogens is 1. The zero-order chi connectivity index (χ0) is 13.3. The molecule has 0 aliphatic carbocycles. The van der Waals surface area contributed by atoms with Gasteiger partial charge in [-0.15, -0.1) is 0 Å². The van der Waals surface area contributed by atoms with Gasteiger partial charge in [0.25, 0.3) is 5.56 Å². The molecule has 1 heterocycles. The van der Waals surface area contributed by atoms with Gasteiger partial charge in [-0.3, -0.25) is 14.3 Å². The standard InChI is InChI=1S/C12H11FN2O3/c1-2-15-11(17)9(10(16)14-12(15)18)7-5-3-4-6-8(7)13/h3-6,17H,2H2,1H3,(H,14,16,18). The van der Waals surface area contributed by atoms with Gasteiger partial charge in [0.1, 0.15) is 11.4 Å². The van der Waals surface area contributed by atoms with E-state index in [0.29, 0.717) is 0 Å². The molecule has 94 valence electrons. The number of nitrogens with one attached hydrogen (secondary N) is 1. The highest BCUT2D eigenvalue weighted by Gasteiger charge is 2.17. The number of hydrogen-bond donors (Lipinski definition) is 2. The van der Waals surface area contributed by atoms with E-state index in [1.165, 1.54) is 18.2 Å². The van der Waals surface area contributed by atoms with Crippen LogP contribution in [-0.4, -0.2) is 14.7 Å². The van der Waals surface area contributed by atoms with Gasteiger partial charge in [-0.05, 0) is 13.0 Å². The molecule has 0 unspecified atom stereocenters. The van der Waals surface area contributed by atoms with E-state index in [-0.39, 0.29) is 17.7 Å². The van der Waals surface area contributed by atoms with Gasteiger partial charge < -0.3 is 5.11 Å². The van der Waals surface area contributed by atoms with Crippen LogP contribution in [0.2, 0.25) is 0 Å². The SMILES string of the molecule is CCn1c(O)c(-c2ccccc2F)c(=O)[nH]c1=O. The van der Waals surface area contributed by atoms with E-state index in [1.807, 2.05) is 0 Å². The molecule has 0 bridgehead atoms. The number of rotatable bonds is 2. The molecule has 2 rings (SSSR count). The summed E-state index contributed by atoms with van der Waals surface area (Å²) in [5, 5.41) is 9.90. The van der Waals surface area contributed by atoms with Crippen LogP contribution in [0.3, 0.4) is 0 Å². The third-order valence-corrected chi connectivity index (χ3v) is 2.63. The highest BCUT2D eigenvalue weighted by Crippen LogP contribution is 2.25. The summed E-state index contributed by atoms with van der Waals surface area (Å²) in [7, 11) is 0. The molecular formula is C12H11FN2O3. The second-order valence-electron chi connectivity index (χ2n) is 3.68. The highest BCUT2D eigenvalue weighted by molar-refractivity contribution is 5.67. The average molecular weight is 250 g/mol. The van der Waals surface area contributed by atoms with Crippen molar-refractivity contribution in [1.29, 1.82) is 0 Å². The molecule has 0 amide bonds. The average Bonchev–Trinajstić information content (AvgIpc) is 2.31. The van der Waals surface area contributed by atoms with Gasteiger partial charge in [0.05, 0.1) is 0 Å². The van der Waals surface area contributed by atoms with Crippen molar-refractivity contribution in [3.05, 3.63) is 50.9 Å². The van der Waals surface area contributed by atoms with E-state index in [4.69, 9.17) is 0 Å². The second-order valence-corrected chi connectivity index (χ2v) is 3.68. The van der Waals surface area contributed by atoms with E-state index in [9.17, 15) is 19.1 Å². The fourth-order valence-corrected chi connectivity index (χ4v) is 1.76. The third kappa shape index (κ3) is 1.81. The first kappa shape index (κ1) is 12.1. The summed E-state index contributed by atoms with van der Waals surface area (Å²) in [6.45, 7) is 1.80. The van der Waals surface area contributed by atoms with Gasteiger partial charge in [-0.25, -0.2) is 9.18 Å². The first-order chi connectivity index (χ1) is 8.56. The number of aromatic amines is 1. The first-order valence-electron chi connectivity index (χ1n) is 5.37. The number of nitrogens with zero attached hydrogens (tertiary/aromatic N) is 1. The van der Waals surface area contributed by atoms with Crippen molar-refractivity contribution < 1.29 is 9.50 Å². The van der Waals surface area contributed by atoms with Crippen molar-refractivity contribution in [2.75, 3.05) is 0 Å². The second kappa shape index (κ2) is 4.48. The Balaban J connectivity index is 2.85. The number of benzene rings is 1. The van der Waals surface area contributed by atoms with Crippen LogP contribution < -0.4 is 11.2 Å². The predicted molar refractivity (Wildman–Crippen MR) is 64.1 cm³/mol. The lowest BCUT2D eigenvalue weighted by atomic mass is 10.1. The van der Waals surface area contributed by atoms with Crippen molar-refractivity contribution in [2.45, 2.75) is 13.5 Å². The molecule has 1 aromatic heterocycles. The van der Waals surface area contributed by atoms with Crippen molar-refractivity contribution in [1.82, 2.24) is 9.55 Å². The number of halogens is 1. The van der Waals surface area contributed by atoms with Crippen molar-refractivity contribution in [3.8, 4) is 17.0 Å². The Morgan fingerprint density at radius 2 is 2.00 bits per heavy atom. The van der Waals surface area contributed by atoms with Crippen LogP contribution >= 0.6 is 0 Å². The molecule has 0 radical (unpaired) electrons. The van der Waals surface area contributed by atoms with Crippen LogP contribution in [0.1, 0.15) is 6.92 Å². The van der Waals surface area contributed by atoms with Crippen LogP contribution in [0.15, 0.2) is 33.9 Å². The molecular weight excluding hydrogens is 239 g/mol. The maximum Gasteiger partial charge on any atom is 0.331 e. The molecule has 2 N–H and O–H groups in total. The van der Waals surface area contributed by atoms with Gasteiger partial charge in [0, 0.05) is 12.1 Å². The molecule has 0 saturated heterocycles. The molecule has 1 aromatic carbocycles. The molecule has 0 fully saturated rings. The topological polar surface area (TPSA) is 75.1 Å². The molecule has 0 aliphatic rings. The van der Waals surface area contributed by atoms with Gasteiger partial charge in [0.15, 0.2) is 0 Å². The fraction of sp³-hybridized carbons (Fsp3) is 0.167. The molecule has 18 heavy (non-hydrogen) atoms. The number of hydrogen-bond acceptors (Lipinski definition) is 3. The smallest absolute Gasteiger partial charge is 0.331 e. The molecule has 0 atom stereocenters. The first-order valence-corrected chi connectivity index (χ1v) is 5.37. The summed E-state index contributed by atoms with van der Waals surface area (Å²) in [5.41, 5.74) is -1.82. The van der Waals surface area contributed by atoms with E-state index < -0.39 is 22.9 Å². The van der Waals surface area contributed by atoms with Crippen molar-refractivity contribution in [2.24, 2.45) is 0 Å². The number of aromatic nitrogens is 2. The molecule has 5 nitrogen and oxygen atoms in total. The Morgan fingerprint density at radius 1 is 1.33 bits per heavy atom. The minimum absolute atomic E-state index is 0.0431. The number of aromatic hydroxyl groups is 1. The Hall–Kier alpha value is -2.37. The summed E-state index contributed by atoms with van der Waals surface area (Å²) >= 11 is 0. The summed E-state index contributed by atoms with van der Waals surface area (Å²) in [6.07, 6.45) is 0. The Bertz CT molecular complexity index is 703. The largest absolute Gasteiger partial charge is 0.494 e. The summed E-state index contributed by atoms with van der Waals surface area (Å²) < 4.78 is 14.6. The summed E-state index contributed by atoms with van der Waals surface area (Å²) in [5.74, 6) is -1.17. The van der Waals surface area contributed by atoms with Crippen LogP contribution in [0.5, 0.6) is 5.88 Å². The normalized spacial score (nSPS) is 10.6. The zero-order valence-corrected chi connectivity index (χ0v) is 9.61. The van der Waals surface area contributed by atoms with E-state index in [0.717, 1.165) is 4.57 Å². The van der Waals surface area contributed by atoms with Crippen LogP contribution in [0.4, 0.5) is 4.39 Å². The lowest BCUT2D eigenvalue weighted by Crippen LogP contribution is -2.30. The molecule has 2 aromatic rings. The summed E-state index contributed by atoms with van der Waals surface area (Å²) in [6, 6.07) is 5.55. The highest BCUT2D eigenvalue weighted by atomic mass is 19.1. The molecule has 0 aliphatic heterocycles. The van der Waals surface area contributed by atoms with Crippen LogP contribution in [0.25, 0.3) is 11.1 Å². The van der Waals surface area contributed by atoms with Crippen LogP contribution in [0, 0.1) is 5.82 Å². The Labute approximate surface area is 101 Å². The van der Waals surface area contributed by atoms with E-state index in [1.54, 1.807) is 13.0 Å². The van der Waals surface area contributed by atoms with Crippen LogP contribution in [-0.2, 0) is 6.54 Å². The Morgan fingerprint density at radius 3 is 2.61 bits per heavy atom. The lowest BCUT2D eigenvalue weighted by Gasteiger charge is -2.09. The van der Waals surface area contributed by atoms with Crippen molar-refractivity contribution in [3.63, 3.8) is 0 Å².